The van der Waals surface area contributed by atoms with E-state index >= 15 is 0 Å². The second-order valence-corrected chi connectivity index (χ2v) is 6.41. The number of carbonyl (C=O) groups is 2. The third-order valence-electron chi connectivity index (χ3n) is 3.79. The Morgan fingerprint density at radius 2 is 1.92 bits per heavy atom. The van der Waals surface area contributed by atoms with Crippen molar-refractivity contribution in [1.29, 1.82) is 0 Å². The van der Waals surface area contributed by atoms with Gasteiger partial charge in [-0.25, -0.2) is 4.79 Å². The number of hydrogen-bond acceptors (Lipinski definition) is 4. The number of imide groups is 1. The van der Waals surface area contributed by atoms with Crippen molar-refractivity contribution in [3.63, 3.8) is 0 Å². The largest absolute Gasteiger partial charge is 0.455 e. The Morgan fingerprint density at radius 3 is 2.54 bits per heavy atom. The lowest BCUT2D eigenvalue weighted by atomic mass is 10.2. The summed E-state index contributed by atoms with van der Waals surface area (Å²) in [4.78, 5) is 23.9. The zero-order valence-electron chi connectivity index (χ0n) is 13.8. The number of benzene rings is 1. The Hall–Kier alpha value is -2.12. The van der Waals surface area contributed by atoms with E-state index in [2.05, 4.69) is 26.0 Å². The van der Waals surface area contributed by atoms with E-state index in [0.717, 1.165) is 26.5 Å². The maximum atomic E-state index is 11.9. The first kappa shape index (κ1) is 18.2. The third-order valence-corrected chi connectivity index (χ3v) is 4.32. The zero-order chi connectivity index (χ0) is 17.7. The molecule has 1 aromatic heterocycles. The molecule has 7 heteroatoms. The SMILES string of the molecule is COC(=O)NC(=O)[C@@H](C)[NH+](C)Cc1ccc(-c2ccc(Br)cc2)o1. The van der Waals surface area contributed by atoms with Crippen molar-refractivity contribution in [2.75, 3.05) is 14.2 Å². The van der Waals surface area contributed by atoms with Crippen LogP contribution in [0.3, 0.4) is 0 Å². The number of halogens is 1. The number of methoxy groups -OCH3 is 1. The lowest BCUT2D eigenvalue weighted by Gasteiger charge is -2.19. The first-order chi connectivity index (χ1) is 11.4. The number of furan rings is 1. The normalized spacial score (nSPS) is 13.2. The number of amides is 2. The van der Waals surface area contributed by atoms with Gasteiger partial charge in [-0.05, 0) is 31.2 Å². The number of quaternary nitrogens is 1. The molecule has 0 aliphatic heterocycles. The first-order valence-corrected chi connectivity index (χ1v) is 8.25. The van der Waals surface area contributed by atoms with Gasteiger partial charge in [0, 0.05) is 10.0 Å². The summed E-state index contributed by atoms with van der Waals surface area (Å²) in [6.45, 7) is 2.26. The van der Waals surface area contributed by atoms with Crippen LogP contribution in [-0.4, -0.2) is 32.2 Å². The van der Waals surface area contributed by atoms with Crippen molar-refractivity contribution in [2.24, 2.45) is 0 Å². The Kier molecular flexibility index (Phi) is 6.16. The van der Waals surface area contributed by atoms with Crippen LogP contribution in [0.4, 0.5) is 4.79 Å². The van der Waals surface area contributed by atoms with Crippen LogP contribution in [0.5, 0.6) is 0 Å². The van der Waals surface area contributed by atoms with Crippen molar-refractivity contribution >= 4 is 27.9 Å². The molecule has 0 radical (unpaired) electrons. The molecule has 0 spiro atoms. The Labute approximate surface area is 148 Å². The van der Waals surface area contributed by atoms with Gasteiger partial charge in [-0.2, -0.15) is 0 Å². The van der Waals surface area contributed by atoms with E-state index in [0.29, 0.717) is 6.54 Å². The molecular weight excluding hydrogens is 376 g/mol. The summed E-state index contributed by atoms with van der Waals surface area (Å²) in [6.07, 6.45) is -0.754. The molecule has 0 saturated heterocycles. The highest BCUT2D eigenvalue weighted by Crippen LogP contribution is 2.23. The fourth-order valence-corrected chi connectivity index (χ4v) is 2.42. The fourth-order valence-electron chi connectivity index (χ4n) is 2.15. The quantitative estimate of drug-likeness (QED) is 0.811. The summed E-state index contributed by atoms with van der Waals surface area (Å²) in [6, 6.07) is 11.2. The Bertz CT molecular complexity index is 712. The topological polar surface area (TPSA) is 73.0 Å². The van der Waals surface area contributed by atoms with Gasteiger partial charge in [-0.1, -0.05) is 28.1 Å². The molecule has 128 valence electrons. The van der Waals surface area contributed by atoms with E-state index in [1.165, 1.54) is 7.11 Å². The monoisotopic (exact) mass is 395 g/mol. The second kappa shape index (κ2) is 8.12. The average Bonchev–Trinajstić information content (AvgIpc) is 3.02. The molecule has 1 unspecified atom stereocenters. The molecule has 2 N–H and O–H groups in total. The predicted molar refractivity (Wildman–Crippen MR) is 92.4 cm³/mol. The van der Waals surface area contributed by atoms with Gasteiger partial charge in [0.1, 0.15) is 12.3 Å². The first-order valence-electron chi connectivity index (χ1n) is 7.46. The molecule has 0 saturated carbocycles. The molecule has 2 rings (SSSR count). The van der Waals surface area contributed by atoms with Crippen LogP contribution in [0.2, 0.25) is 0 Å². The van der Waals surface area contributed by atoms with E-state index in [4.69, 9.17) is 4.42 Å². The molecule has 2 amide bonds. The van der Waals surface area contributed by atoms with Crippen LogP contribution < -0.4 is 10.2 Å². The number of alkyl carbamates (subject to hydrolysis) is 1. The standard InChI is InChI=1S/C17H19BrN2O4/c1-11(16(21)19-17(22)23-3)20(2)10-14-8-9-15(24-14)12-4-6-13(18)7-5-12/h4-9,11H,10H2,1-3H3,(H,19,21,22)/p+1/t11-/m1/s1. The van der Waals surface area contributed by atoms with Gasteiger partial charge in [-0.15, -0.1) is 0 Å². The molecule has 0 fully saturated rings. The minimum absolute atomic E-state index is 0.390. The van der Waals surface area contributed by atoms with E-state index in [1.54, 1.807) is 6.92 Å². The summed E-state index contributed by atoms with van der Waals surface area (Å²) >= 11 is 3.40. The number of nitrogens with one attached hydrogen (secondary N) is 2. The highest BCUT2D eigenvalue weighted by atomic mass is 79.9. The minimum Gasteiger partial charge on any atom is -0.455 e. The molecule has 0 bridgehead atoms. The molecule has 0 aliphatic carbocycles. The van der Waals surface area contributed by atoms with Crippen molar-refractivity contribution in [3.8, 4) is 11.3 Å². The van der Waals surface area contributed by atoms with Gasteiger partial charge in [0.25, 0.3) is 5.91 Å². The van der Waals surface area contributed by atoms with Crippen LogP contribution in [-0.2, 0) is 16.1 Å². The van der Waals surface area contributed by atoms with Gasteiger partial charge in [-0.3, -0.25) is 10.1 Å². The Morgan fingerprint density at radius 1 is 1.25 bits per heavy atom. The van der Waals surface area contributed by atoms with Crippen LogP contribution in [0.1, 0.15) is 12.7 Å². The lowest BCUT2D eigenvalue weighted by molar-refractivity contribution is -0.909. The van der Waals surface area contributed by atoms with Crippen LogP contribution >= 0.6 is 15.9 Å². The number of likely N-dealkylation sites (N-methyl/N-ethyl adjacent to an activating group) is 1. The number of hydrogen-bond donors (Lipinski definition) is 2. The molecular formula is C17H20BrN2O4+. The molecule has 1 aromatic carbocycles. The van der Waals surface area contributed by atoms with Crippen molar-refractivity contribution in [3.05, 3.63) is 46.6 Å². The van der Waals surface area contributed by atoms with E-state index in [1.807, 2.05) is 43.4 Å². The maximum Gasteiger partial charge on any atom is 0.413 e. The molecule has 2 atom stereocenters. The highest BCUT2D eigenvalue weighted by molar-refractivity contribution is 9.10. The fraction of sp³-hybridized carbons (Fsp3) is 0.294. The van der Waals surface area contributed by atoms with E-state index in [-0.39, 0.29) is 5.91 Å². The van der Waals surface area contributed by atoms with Crippen LogP contribution in [0.15, 0.2) is 45.3 Å². The van der Waals surface area contributed by atoms with Gasteiger partial charge in [0.05, 0.1) is 14.2 Å². The summed E-state index contributed by atoms with van der Waals surface area (Å²) in [5.41, 5.74) is 0.985. The summed E-state index contributed by atoms with van der Waals surface area (Å²) < 4.78 is 11.3. The minimum atomic E-state index is -0.754. The smallest absolute Gasteiger partial charge is 0.413 e. The van der Waals surface area contributed by atoms with Crippen molar-refractivity contribution in [1.82, 2.24) is 5.32 Å². The number of ether oxygens (including phenoxy) is 1. The molecule has 6 nitrogen and oxygen atoms in total. The molecule has 24 heavy (non-hydrogen) atoms. The summed E-state index contributed by atoms with van der Waals surface area (Å²) in [7, 11) is 3.08. The van der Waals surface area contributed by atoms with Crippen molar-refractivity contribution in [2.45, 2.75) is 19.5 Å². The van der Waals surface area contributed by atoms with E-state index in [9.17, 15) is 9.59 Å². The van der Waals surface area contributed by atoms with Gasteiger partial charge >= 0.3 is 6.09 Å². The van der Waals surface area contributed by atoms with Crippen LogP contribution in [0.25, 0.3) is 11.3 Å². The summed E-state index contributed by atoms with van der Waals surface area (Å²) in [5.74, 6) is 1.15. The van der Waals surface area contributed by atoms with Crippen LogP contribution in [0, 0.1) is 0 Å². The van der Waals surface area contributed by atoms with Gasteiger partial charge in [0.15, 0.2) is 11.8 Å². The van der Waals surface area contributed by atoms with Crippen molar-refractivity contribution < 1.29 is 23.6 Å². The van der Waals surface area contributed by atoms with Gasteiger partial charge < -0.3 is 14.1 Å². The second-order valence-electron chi connectivity index (χ2n) is 5.50. The van der Waals surface area contributed by atoms with Gasteiger partial charge in [0.2, 0.25) is 0 Å². The predicted octanol–water partition coefficient (Wildman–Crippen LogP) is 1.99. The molecule has 0 aliphatic rings. The highest BCUT2D eigenvalue weighted by Gasteiger charge is 2.24. The average molecular weight is 396 g/mol. The molecule has 2 aromatic rings. The number of carbonyl (C=O) groups excluding carboxylic acids is 2. The molecule has 1 heterocycles. The van der Waals surface area contributed by atoms with E-state index < -0.39 is 12.1 Å². The lowest BCUT2D eigenvalue weighted by Crippen LogP contribution is -3.12. The zero-order valence-corrected chi connectivity index (χ0v) is 15.3. The third kappa shape index (κ3) is 4.69. The summed E-state index contributed by atoms with van der Waals surface area (Å²) in [5, 5.41) is 2.18. The number of rotatable bonds is 5. The maximum absolute atomic E-state index is 11.9. The Balaban J connectivity index is 1.99.